The SMILES string of the molecule is CC(C)(CNC(=O)CCc1ccco1)C(=O)O. The largest absolute Gasteiger partial charge is 0.481 e. The van der Waals surface area contributed by atoms with Crippen LogP contribution in [0.5, 0.6) is 0 Å². The number of carboxylic acid groups (broad SMARTS) is 1. The van der Waals surface area contributed by atoms with E-state index in [0.717, 1.165) is 5.76 Å². The summed E-state index contributed by atoms with van der Waals surface area (Å²) in [6, 6.07) is 3.56. The first kappa shape index (κ1) is 13.3. The minimum atomic E-state index is -0.944. The van der Waals surface area contributed by atoms with E-state index in [-0.39, 0.29) is 12.5 Å². The maximum absolute atomic E-state index is 11.5. The van der Waals surface area contributed by atoms with Crippen molar-refractivity contribution in [3.05, 3.63) is 24.2 Å². The molecule has 1 rings (SSSR count). The number of carbonyl (C=O) groups excluding carboxylic acids is 1. The second-order valence-electron chi connectivity index (χ2n) is 4.55. The Balaban J connectivity index is 2.28. The molecule has 0 aromatic carbocycles. The molecule has 94 valence electrons. The molecule has 0 saturated carbocycles. The lowest BCUT2D eigenvalue weighted by Crippen LogP contribution is -2.38. The molecule has 0 aliphatic carbocycles. The van der Waals surface area contributed by atoms with Gasteiger partial charge in [-0.25, -0.2) is 0 Å². The van der Waals surface area contributed by atoms with Gasteiger partial charge in [0.2, 0.25) is 5.91 Å². The van der Waals surface area contributed by atoms with E-state index in [1.54, 1.807) is 32.2 Å². The van der Waals surface area contributed by atoms with Gasteiger partial charge < -0.3 is 14.8 Å². The van der Waals surface area contributed by atoms with Crippen molar-refractivity contribution in [1.29, 1.82) is 0 Å². The topological polar surface area (TPSA) is 79.5 Å². The van der Waals surface area contributed by atoms with E-state index in [4.69, 9.17) is 9.52 Å². The minimum Gasteiger partial charge on any atom is -0.481 e. The van der Waals surface area contributed by atoms with Crippen molar-refractivity contribution in [3.8, 4) is 0 Å². The van der Waals surface area contributed by atoms with Crippen molar-refractivity contribution in [3.63, 3.8) is 0 Å². The molecular weight excluding hydrogens is 222 g/mol. The quantitative estimate of drug-likeness (QED) is 0.787. The smallest absolute Gasteiger partial charge is 0.310 e. The molecule has 5 heteroatoms. The maximum Gasteiger partial charge on any atom is 0.310 e. The molecule has 5 nitrogen and oxygen atoms in total. The van der Waals surface area contributed by atoms with Gasteiger partial charge in [0.15, 0.2) is 0 Å². The van der Waals surface area contributed by atoms with Crippen LogP contribution in [0, 0.1) is 5.41 Å². The van der Waals surface area contributed by atoms with Crippen LogP contribution in [0.1, 0.15) is 26.0 Å². The molecule has 1 aromatic rings. The molecule has 17 heavy (non-hydrogen) atoms. The van der Waals surface area contributed by atoms with Gasteiger partial charge in [0.05, 0.1) is 11.7 Å². The highest BCUT2D eigenvalue weighted by atomic mass is 16.4. The minimum absolute atomic E-state index is 0.124. The molecule has 0 fully saturated rings. The highest BCUT2D eigenvalue weighted by molar-refractivity contribution is 5.78. The lowest BCUT2D eigenvalue weighted by atomic mass is 9.94. The molecule has 0 saturated heterocycles. The molecule has 0 radical (unpaired) electrons. The summed E-state index contributed by atoms with van der Waals surface area (Å²) in [5, 5.41) is 11.5. The molecule has 0 atom stereocenters. The van der Waals surface area contributed by atoms with Crippen LogP contribution >= 0.6 is 0 Å². The van der Waals surface area contributed by atoms with Gasteiger partial charge in [-0.05, 0) is 26.0 Å². The molecule has 1 aromatic heterocycles. The number of nitrogens with one attached hydrogen (secondary N) is 1. The molecule has 1 amide bonds. The first-order valence-corrected chi connectivity index (χ1v) is 5.44. The van der Waals surface area contributed by atoms with Crippen LogP contribution in [-0.2, 0) is 16.0 Å². The highest BCUT2D eigenvalue weighted by Gasteiger charge is 2.27. The molecular formula is C12H17NO4. The van der Waals surface area contributed by atoms with Gasteiger partial charge in [0, 0.05) is 19.4 Å². The summed E-state index contributed by atoms with van der Waals surface area (Å²) in [5.41, 5.74) is -0.944. The Bertz CT molecular complexity index is 381. The molecule has 1 heterocycles. The average molecular weight is 239 g/mol. The zero-order valence-corrected chi connectivity index (χ0v) is 10.0. The summed E-state index contributed by atoms with van der Waals surface area (Å²) in [6.45, 7) is 3.27. The summed E-state index contributed by atoms with van der Waals surface area (Å²) < 4.78 is 5.09. The second kappa shape index (κ2) is 5.52. The van der Waals surface area contributed by atoms with Crippen LogP contribution in [0.15, 0.2) is 22.8 Å². The molecule has 0 bridgehead atoms. The Morgan fingerprint density at radius 2 is 2.18 bits per heavy atom. The van der Waals surface area contributed by atoms with Crippen LogP contribution in [0.2, 0.25) is 0 Å². The summed E-state index contributed by atoms with van der Waals surface area (Å²) in [6.07, 6.45) is 2.37. The molecule has 2 N–H and O–H groups in total. The van der Waals surface area contributed by atoms with E-state index < -0.39 is 11.4 Å². The maximum atomic E-state index is 11.5. The highest BCUT2D eigenvalue weighted by Crippen LogP contribution is 2.13. The van der Waals surface area contributed by atoms with E-state index in [2.05, 4.69) is 5.32 Å². The fourth-order valence-electron chi connectivity index (χ4n) is 1.18. The van der Waals surface area contributed by atoms with Crippen molar-refractivity contribution in [2.75, 3.05) is 6.54 Å². The fourth-order valence-corrected chi connectivity index (χ4v) is 1.18. The lowest BCUT2D eigenvalue weighted by molar-refractivity contribution is -0.146. The summed E-state index contributed by atoms with van der Waals surface area (Å²) >= 11 is 0. The van der Waals surface area contributed by atoms with E-state index in [0.29, 0.717) is 12.8 Å². The number of aliphatic carboxylic acids is 1. The number of furan rings is 1. The standard InChI is InChI=1S/C12H17NO4/c1-12(2,11(15)16)8-13-10(14)6-5-9-4-3-7-17-9/h3-4,7H,5-6,8H2,1-2H3,(H,13,14)(H,15,16). The van der Waals surface area contributed by atoms with Crippen LogP contribution in [-0.4, -0.2) is 23.5 Å². The third-order valence-corrected chi connectivity index (χ3v) is 2.49. The predicted octanol–water partition coefficient (Wildman–Crippen LogP) is 1.44. The Kier molecular flexibility index (Phi) is 4.31. The summed E-state index contributed by atoms with van der Waals surface area (Å²) in [7, 11) is 0. The average Bonchev–Trinajstić information content (AvgIpc) is 2.76. The van der Waals surface area contributed by atoms with Crippen LogP contribution in [0.25, 0.3) is 0 Å². The summed E-state index contributed by atoms with van der Waals surface area (Å²) in [5.74, 6) is -0.350. The number of aryl methyl sites for hydroxylation is 1. The van der Waals surface area contributed by atoms with Crippen molar-refractivity contribution in [1.82, 2.24) is 5.32 Å². The molecule has 0 spiro atoms. The van der Waals surface area contributed by atoms with Crippen molar-refractivity contribution in [2.45, 2.75) is 26.7 Å². The fraction of sp³-hybridized carbons (Fsp3) is 0.500. The lowest BCUT2D eigenvalue weighted by Gasteiger charge is -2.19. The van der Waals surface area contributed by atoms with Gasteiger partial charge in [0.25, 0.3) is 0 Å². The van der Waals surface area contributed by atoms with Crippen LogP contribution in [0.3, 0.4) is 0 Å². The molecule has 0 aliphatic rings. The number of amides is 1. The first-order valence-electron chi connectivity index (χ1n) is 5.44. The molecule has 0 aliphatic heterocycles. The first-order chi connectivity index (χ1) is 7.92. The van der Waals surface area contributed by atoms with Gasteiger partial charge in [-0.15, -0.1) is 0 Å². The Morgan fingerprint density at radius 1 is 1.47 bits per heavy atom. The second-order valence-corrected chi connectivity index (χ2v) is 4.55. The Labute approximate surface area is 99.8 Å². The van der Waals surface area contributed by atoms with Crippen LogP contribution in [0.4, 0.5) is 0 Å². The normalized spacial score (nSPS) is 11.2. The number of hydrogen-bond acceptors (Lipinski definition) is 3. The van der Waals surface area contributed by atoms with E-state index in [1.165, 1.54) is 0 Å². The number of rotatable bonds is 6. The number of hydrogen-bond donors (Lipinski definition) is 2. The van der Waals surface area contributed by atoms with Gasteiger partial charge >= 0.3 is 5.97 Å². The third kappa shape index (κ3) is 4.30. The number of carbonyl (C=O) groups is 2. The van der Waals surface area contributed by atoms with Crippen molar-refractivity contribution >= 4 is 11.9 Å². The predicted molar refractivity (Wildman–Crippen MR) is 61.5 cm³/mol. The zero-order valence-electron chi connectivity index (χ0n) is 10.0. The van der Waals surface area contributed by atoms with Gasteiger partial charge in [0.1, 0.15) is 5.76 Å². The molecule has 0 unspecified atom stereocenters. The van der Waals surface area contributed by atoms with Gasteiger partial charge in [-0.1, -0.05) is 0 Å². The van der Waals surface area contributed by atoms with Crippen LogP contribution < -0.4 is 5.32 Å². The third-order valence-electron chi connectivity index (χ3n) is 2.49. The number of carboxylic acids is 1. The zero-order chi connectivity index (χ0) is 12.9. The van der Waals surface area contributed by atoms with Gasteiger partial charge in [-0.3, -0.25) is 9.59 Å². The van der Waals surface area contributed by atoms with E-state index in [1.807, 2.05) is 0 Å². The van der Waals surface area contributed by atoms with Gasteiger partial charge in [-0.2, -0.15) is 0 Å². The monoisotopic (exact) mass is 239 g/mol. The van der Waals surface area contributed by atoms with Crippen molar-refractivity contribution in [2.24, 2.45) is 5.41 Å². The Morgan fingerprint density at radius 3 is 2.71 bits per heavy atom. The Hall–Kier alpha value is -1.78. The van der Waals surface area contributed by atoms with E-state index in [9.17, 15) is 9.59 Å². The van der Waals surface area contributed by atoms with Crippen molar-refractivity contribution < 1.29 is 19.1 Å². The van der Waals surface area contributed by atoms with E-state index >= 15 is 0 Å². The summed E-state index contributed by atoms with van der Waals surface area (Å²) in [4.78, 5) is 22.3.